The van der Waals surface area contributed by atoms with Crippen LogP contribution in [0, 0.1) is 6.92 Å². The number of aryl methyl sites for hydroxylation is 1. The minimum atomic E-state index is 0.632. The first-order valence-electron chi connectivity index (χ1n) is 7.51. The van der Waals surface area contributed by atoms with Gasteiger partial charge in [0.05, 0.1) is 0 Å². The van der Waals surface area contributed by atoms with Crippen LogP contribution in [-0.4, -0.2) is 6.04 Å². The lowest BCUT2D eigenvalue weighted by Gasteiger charge is -2.13. The Bertz CT molecular complexity index is 302. The number of unbranched alkanes of at least 4 members (excludes halogenated alkanes) is 4. The van der Waals surface area contributed by atoms with Gasteiger partial charge in [0.25, 0.3) is 0 Å². The number of hydrogen-bond donors (Lipinski definition) is 1. The Morgan fingerprint density at radius 3 is 2.33 bits per heavy atom. The Morgan fingerprint density at radius 1 is 1.00 bits per heavy atom. The van der Waals surface area contributed by atoms with Gasteiger partial charge in [0.1, 0.15) is 0 Å². The minimum Gasteiger partial charge on any atom is -0.310 e. The van der Waals surface area contributed by atoms with Gasteiger partial charge in [-0.1, -0.05) is 68.9 Å². The summed E-state index contributed by atoms with van der Waals surface area (Å²) in [5.74, 6) is 0. The van der Waals surface area contributed by atoms with Crippen molar-refractivity contribution in [1.29, 1.82) is 0 Å². The molecule has 0 aromatic heterocycles. The molecule has 1 nitrogen and oxygen atoms in total. The number of rotatable bonds is 9. The largest absolute Gasteiger partial charge is 0.310 e. The standard InChI is InChI=1S/C17H29N/c1-4-5-6-7-8-9-16(3)18-14-17-12-10-15(2)11-13-17/h10-13,16,18H,4-9,14H2,1-3H3. The summed E-state index contributed by atoms with van der Waals surface area (Å²) in [6.07, 6.45) is 8.19. The van der Waals surface area contributed by atoms with Crippen LogP contribution < -0.4 is 5.32 Å². The van der Waals surface area contributed by atoms with Crippen LogP contribution in [0.3, 0.4) is 0 Å². The summed E-state index contributed by atoms with van der Waals surface area (Å²) < 4.78 is 0. The zero-order valence-corrected chi connectivity index (χ0v) is 12.3. The summed E-state index contributed by atoms with van der Waals surface area (Å²) in [5, 5.41) is 3.61. The lowest BCUT2D eigenvalue weighted by molar-refractivity contribution is 0.480. The Balaban J connectivity index is 2.09. The molecule has 1 heteroatoms. The van der Waals surface area contributed by atoms with E-state index in [1.165, 1.54) is 49.7 Å². The molecule has 102 valence electrons. The molecule has 1 aromatic rings. The van der Waals surface area contributed by atoms with Gasteiger partial charge in [-0.2, -0.15) is 0 Å². The molecule has 1 aromatic carbocycles. The second kappa shape index (κ2) is 9.16. The van der Waals surface area contributed by atoms with Gasteiger partial charge >= 0.3 is 0 Å². The molecule has 0 fully saturated rings. The first-order valence-corrected chi connectivity index (χ1v) is 7.51. The monoisotopic (exact) mass is 247 g/mol. The molecule has 0 aliphatic rings. The predicted molar refractivity (Wildman–Crippen MR) is 80.9 cm³/mol. The van der Waals surface area contributed by atoms with Crippen molar-refractivity contribution in [2.24, 2.45) is 0 Å². The lowest BCUT2D eigenvalue weighted by Crippen LogP contribution is -2.25. The summed E-state index contributed by atoms with van der Waals surface area (Å²) in [6, 6.07) is 9.44. The summed E-state index contributed by atoms with van der Waals surface area (Å²) in [7, 11) is 0. The van der Waals surface area contributed by atoms with Crippen LogP contribution in [0.1, 0.15) is 63.5 Å². The van der Waals surface area contributed by atoms with Crippen molar-refractivity contribution in [1.82, 2.24) is 5.32 Å². The minimum absolute atomic E-state index is 0.632. The molecule has 0 spiro atoms. The summed E-state index contributed by atoms with van der Waals surface area (Å²) in [6.45, 7) is 7.70. The maximum atomic E-state index is 3.61. The fraction of sp³-hybridized carbons (Fsp3) is 0.647. The van der Waals surface area contributed by atoms with Crippen LogP contribution in [0.2, 0.25) is 0 Å². The van der Waals surface area contributed by atoms with E-state index in [1.54, 1.807) is 0 Å². The van der Waals surface area contributed by atoms with Crippen molar-refractivity contribution < 1.29 is 0 Å². The smallest absolute Gasteiger partial charge is 0.0207 e. The van der Waals surface area contributed by atoms with Gasteiger partial charge in [-0.15, -0.1) is 0 Å². The zero-order chi connectivity index (χ0) is 13.2. The molecule has 1 atom stereocenters. The van der Waals surface area contributed by atoms with E-state index >= 15 is 0 Å². The number of benzene rings is 1. The van der Waals surface area contributed by atoms with Gasteiger partial charge in [0, 0.05) is 12.6 Å². The van der Waals surface area contributed by atoms with E-state index in [0.717, 1.165) is 6.54 Å². The molecular formula is C17H29N. The van der Waals surface area contributed by atoms with Gasteiger partial charge in [-0.05, 0) is 25.8 Å². The van der Waals surface area contributed by atoms with Crippen molar-refractivity contribution in [2.45, 2.75) is 71.9 Å². The Kier molecular flexibility index (Phi) is 7.75. The molecule has 1 rings (SSSR count). The van der Waals surface area contributed by atoms with E-state index < -0.39 is 0 Å². The van der Waals surface area contributed by atoms with Gasteiger partial charge in [-0.3, -0.25) is 0 Å². The lowest BCUT2D eigenvalue weighted by atomic mass is 10.1. The zero-order valence-electron chi connectivity index (χ0n) is 12.3. The number of nitrogens with one attached hydrogen (secondary N) is 1. The fourth-order valence-corrected chi connectivity index (χ4v) is 2.15. The van der Waals surface area contributed by atoms with E-state index in [2.05, 4.69) is 50.4 Å². The van der Waals surface area contributed by atoms with E-state index in [-0.39, 0.29) is 0 Å². The Morgan fingerprint density at radius 2 is 1.67 bits per heavy atom. The topological polar surface area (TPSA) is 12.0 Å². The van der Waals surface area contributed by atoms with E-state index in [4.69, 9.17) is 0 Å². The average molecular weight is 247 g/mol. The van der Waals surface area contributed by atoms with Crippen molar-refractivity contribution in [3.05, 3.63) is 35.4 Å². The second-order valence-corrected chi connectivity index (χ2v) is 5.47. The van der Waals surface area contributed by atoms with Crippen molar-refractivity contribution in [2.75, 3.05) is 0 Å². The van der Waals surface area contributed by atoms with Crippen LogP contribution in [0.5, 0.6) is 0 Å². The highest BCUT2D eigenvalue weighted by Gasteiger charge is 2.01. The molecule has 0 bridgehead atoms. The van der Waals surface area contributed by atoms with Gasteiger partial charge in [-0.25, -0.2) is 0 Å². The fourth-order valence-electron chi connectivity index (χ4n) is 2.15. The highest BCUT2D eigenvalue weighted by atomic mass is 14.9. The van der Waals surface area contributed by atoms with Crippen LogP contribution in [-0.2, 0) is 6.54 Å². The Hall–Kier alpha value is -0.820. The summed E-state index contributed by atoms with van der Waals surface area (Å²) in [4.78, 5) is 0. The third-order valence-corrected chi connectivity index (χ3v) is 3.52. The molecule has 0 radical (unpaired) electrons. The van der Waals surface area contributed by atoms with Crippen molar-refractivity contribution in [3.8, 4) is 0 Å². The summed E-state index contributed by atoms with van der Waals surface area (Å²) >= 11 is 0. The first kappa shape index (κ1) is 15.2. The molecule has 1 N–H and O–H groups in total. The normalized spacial score (nSPS) is 12.6. The molecule has 0 saturated carbocycles. The van der Waals surface area contributed by atoms with Crippen molar-refractivity contribution in [3.63, 3.8) is 0 Å². The molecular weight excluding hydrogens is 218 g/mol. The van der Waals surface area contributed by atoms with Crippen LogP contribution in [0.4, 0.5) is 0 Å². The highest BCUT2D eigenvalue weighted by molar-refractivity contribution is 5.21. The Labute approximate surface area is 113 Å². The van der Waals surface area contributed by atoms with Gasteiger partial charge in [0.15, 0.2) is 0 Å². The predicted octanol–water partition coefficient (Wildman–Crippen LogP) is 4.83. The van der Waals surface area contributed by atoms with Crippen LogP contribution in [0.15, 0.2) is 24.3 Å². The van der Waals surface area contributed by atoms with Crippen LogP contribution >= 0.6 is 0 Å². The molecule has 0 amide bonds. The highest BCUT2D eigenvalue weighted by Crippen LogP contribution is 2.08. The molecule has 1 unspecified atom stereocenters. The third-order valence-electron chi connectivity index (χ3n) is 3.52. The molecule has 0 saturated heterocycles. The summed E-state index contributed by atoms with van der Waals surface area (Å²) in [5.41, 5.74) is 2.72. The third kappa shape index (κ3) is 6.80. The average Bonchev–Trinajstić information content (AvgIpc) is 2.38. The molecule has 18 heavy (non-hydrogen) atoms. The van der Waals surface area contributed by atoms with Gasteiger partial charge in [0.2, 0.25) is 0 Å². The first-order chi connectivity index (χ1) is 8.72. The SMILES string of the molecule is CCCCCCCC(C)NCc1ccc(C)cc1. The van der Waals surface area contributed by atoms with Crippen LogP contribution in [0.25, 0.3) is 0 Å². The van der Waals surface area contributed by atoms with Crippen molar-refractivity contribution >= 4 is 0 Å². The quantitative estimate of drug-likeness (QED) is 0.616. The second-order valence-electron chi connectivity index (χ2n) is 5.47. The maximum absolute atomic E-state index is 3.61. The number of hydrogen-bond acceptors (Lipinski definition) is 1. The molecule has 0 heterocycles. The van der Waals surface area contributed by atoms with E-state index in [9.17, 15) is 0 Å². The van der Waals surface area contributed by atoms with E-state index in [1.807, 2.05) is 0 Å². The molecule has 0 aliphatic carbocycles. The van der Waals surface area contributed by atoms with Gasteiger partial charge < -0.3 is 5.32 Å². The maximum Gasteiger partial charge on any atom is 0.0207 e. The molecule has 0 aliphatic heterocycles. The van der Waals surface area contributed by atoms with E-state index in [0.29, 0.717) is 6.04 Å².